The Bertz CT molecular complexity index is 843. The molecule has 3 heteroatoms. The van der Waals surface area contributed by atoms with Crippen LogP contribution in [0.25, 0.3) is 0 Å². The first-order valence-electron chi connectivity index (χ1n) is 7.86. The molecule has 3 rings (SSSR count). The highest BCUT2D eigenvalue weighted by molar-refractivity contribution is 7.56. The second-order valence-corrected chi connectivity index (χ2v) is 6.75. The predicted octanol–water partition coefficient (Wildman–Crippen LogP) is 4.38. The summed E-state index contributed by atoms with van der Waals surface area (Å²) in [6.07, 6.45) is 1.92. The molecule has 0 heterocycles. The van der Waals surface area contributed by atoms with E-state index in [1.165, 1.54) is 16.2 Å². The third-order valence-corrected chi connectivity index (χ3v) is 5.35. The van der Waals surface area contributed by atoms with Gasteiger partial charge in [0.05, 0.1) is 12.8 Å². The summed E-state index contributed by atoms with van der Waals surface area (Å²) in [6, 6.07) is 24.6. The maximum atomic E-state index is 5.54. The average molecular weight is 333 g/mol. The highest BCUT2D eigenvalue weighted by atomic mass is 31.1. The van der Waals surface area contributed by atoms with Crippen molar-refractivity contribution in [3.8, 4) is 5.75 Å². The smallest absolute Gasteiger partial charge is 0.126 e. The Morgan fingerprint density at radius 3 is 2.42 bits per heavy atom. The zero-order valence-corrected chi connectivity index (χ0v) is 14.9. The molecular weight excluding hydrogens is 313 g/mol. The molecule has 120 valence electrons. The van der Waals surface area contributed by atoms with Crippen LogP contribution in [-0.4, -0.2) is 13.3 Å². The number of hydrogen-bond donors (Lipinski definition) is 0. The zero-order chi connectivity index (χ0) is 16.8. The van der Waals surface area contributed by atoms with Gasteiger partial charge in [0.25, 0.3) is 0 Å². The molecule has 0 bridgehead atoms. The number of rotatable bonds is 5. The molecule has 0 amide bonds. The highest BCUT2D eigenvalue weighted by Crippen LogP contribution is 2.25. The minimum absolute atomic E-state index is 0.509. The predicted molar refractivity (Wildman–Crippen MR) is 105 cm³/mol. The first-order chi connectivity index (χ1) is 11.8. The van der Waals surface area contributed by atoms with Crippen molar-refractivity contribution in [2.24, 2.45) is 4.99 Å². The Morgan fingerprint density at radius 1 is 0.875 bits per heavy atom. The lowest BCUT2D eigenvalue weighted by molar-refractivity contribution is 0.418. The van der Waals surface area contributed by atoms with E-state index in [0.717, 1.165) is 17.0 Å². The molecule has 3 aromatic rings. The highest BCUT2D eigenvalue weighted by Gasteiger charge is 2.09. The van der Waals surface area contributed by atoms with Crippen molar-refractivity contribution in [2.45, 2.75) is 6.92 Å². The molecule has 0 aliphatic carbocycles. The van der Waals surface area contributed by atoms with Crippen LogP contribution in [0.15, 0.2) is 77.8 Å². The largest absolute Gasteiger partial charge is 0.496 e. The zero-order valence-electron chi connectivity index (χ0n) is 13.9. The number of methoxy groups -OCH3 is 1. The van der Waals surface area contributed by atoms with Crippen LogP contribution >= 0.6 is 8.58 Å². The molecule has 0 saturated carbocycles. The van der Waals surface area contributed by atoms with Gasteiger partial charge in [-0.15, -0.1) is 0 Å². The lowest BCUT2D eigenvalue weighted by atomic mass is 10.2. The number of aliphatic imine (C=N–C) groups is 1. The first kappa shape index (κ1) is 16.4. The van der Waals surface area contributed by atoms with E-state index in [2.05, 4.69) is 43.3 Å². The minimum Gasteiger partial charge on any atom is -0.496 e. The molecule has 0 aromatic heterocycles. The summed E-state index contributed by atoms with van der Waals surface area (Å²) in [5.74, 6) is 0.940. The van der Waals surface area contributed by atoms with E-state index in [4.69, 9.17) is 9.73 Å². The molecule has 0 aliphatic rings. The second-order valence-electron chi connectivity index (χ2n) is 5.46. The molecular formula is C21H20NOP. The fraction of sp³-hybridized carbons (Fsp3) is 0.0952. The number of nitrogens with zero attached hydrogens (tertiary/aromatic N) is 1. The van der Waals surface area contributed by atoms with Crippen LogP contribution in [0.1, 0.15) is 11.1 Å². The Balaban J connectivity index is 1.92. The number of para-hydroxylation sites is 1. The number of hydrogen-bond acceptors (Lipinski definition) is 2. The van der Waals surface area contributed by atoms with Crippen molar-refractivity contribution < 1.29 is 4.74 Å². The van der Waals surface area contributed by atoms with Gasteiger partial charge in [-0.2, -0.15) is 0 Å². The van der Waals surface area contributed by atoms with Crippen LogP contribution in [0.4, 0.5) is 5.69 Å². The summed E-state index contributed by atoms with van der Waals surface area (Å²) < 4.78 is 5.54. The molecule has 0 aliphatic heterocycles. The monoisotopic (exact) mass is 333 g/mol. The van der Waals surface area contributed by atoms with E-state index in [0.29, 0.717) is 8.58 Å². The Morgan fingerprint density at radius 2 is 1.62 bits per heavy atom. The standard InChI is InChI=1S/C21H20NOP/c1-16-9-8-13-19(23-2)21(16)24-20-14-7-6-12-18(20)22-15-17-10-4-3-5-11-17/h3-15,24H,1-2H3. The summed E-state index contributed by atoms with van der Waals surface area (Å²) in [4.78, 5) is 4.70. The van der Waals surface area contributed by atoms with Crippen LogP contribution in [0.3, 0.4) is 0 Å². The molecule has 0 N–H and O–H groups in total. The van der Waals surface area contributed by atoms with Gasteiger partial charge < -0.3 is 4.74 Å². The Kier molecular flexibility index (Phi) is 5.40. The van der Waals surface area contributed by atoms with Gasteiger partial charge >= 0.3 is 0 Å². The van der Waals surface area contributed by atoms with Gasteiger partial charge in [0, 0.05) is 16.8 Å². The molecule has 3 aromatic carbocycles. The lowest BCUT2D eigenvalue weighted by Crippen LogP contribution is -2.10. The minimum atomic E-state index is 0.509. The Hall–Kier alpha value is -2.44. The van der Waals surface area contributed by atoms with Crippen molar-refractivity contribution in [3.05, 3.63) is 83.9 Å². The van der Waals surface area contributed by atoms with Crippen molar-refractivity contribution in [3.63, 3.8) is 0 Å². The molecule has 1 atom stereocenters. The third kappa shape index (κ3) is 3.90. The topological polar surface area (TPSA) is 21.6 Å². The summed E-state index contributed by atoms with van der Waals surface area (Å²) in [7, 11) is 2.23. The number of aryl methyl sites for hydroxylation is 1. The van der Waals surface area contributed by atoms with Gasteiger partial charge in [0.1, 0.15) is 5.75 Å². The Labute approximate surface area is 145 Å². The van der Waals surface area contributed by atoms with Crippen LogP contribution < -0.4 is 15.3 Å². The van der Waals surface area contributed by atoms with E-state index in [-0.39, 0.29) is 0 Å². The third-order valence-electron chi connectivity index (χ3n) is 3.77. The molecule has 0 fully saturated rings. The van der Waals surface area contributed by atoms with Gasteiger partial charge in [0.2, 0.25) is 0 Å². The van der Waals surface area contributed by atoms with E-state index in [1.807, 2.05) is 42.6 Å². The van der Waals surface area contributed by atoms with Gasteiger partial charge in [0.15, 0.2) is 0 Å². The van der Waals surface area contributed by atoms with Crippen LogP contribution in [0, 0.1) is 6.92 Å². The van der Waals surface area contributed by atoms with Crippen molar-refractivity contribution in [1.82, 2.24) is 0 Å². The maximum absolute atomic E-state index is 5.54. The molecule has 0 saturated heterocycles. The lowest BCUT2D eigenvalue weighted by Gasteiger charge is -2.13. The summed E-state index contributed by atoms with van der Waals surface area (Å²) >= 11 is 0. The van der Waals surface area contributed by atoms with Gasteiger partial charge in [-0.3, -0.25) is 4.99 Å². The summed E-state index contributed by atoms with van der Waals surface area (Å²) in [6.45, 7) is 2.13. The van der Waals surface area contributed by atoms with Gasteiger partial charge in [-0.25, -0.2) is 0 Å². The van der Waals surface area contributed by atoms with Crippen LogP contribution in [0.2, 0.25) is 0 Å². The average Bonchev–Trinajstić information content (AvgIpc) is 2.63. The summed E-state index contributed by atoms with van der Waals surface area (Å²) in [5.41, 5.74) is 3.35. The van der Waals surface area contributed by atoms with Crippen molar-refractivity contribution >= 4 is 31.1 Å². The van der Waals surface area contributed by atoms with E-state index < -0.39 is 0 Å². The number of benzene rings is 3. The molecule has 0 spiro atoms. The molecule has 24 heavy (non-hydrogen) atoms. The quantitative estimate of drug-likeness (QED) is 0.501. The fourth-order valence-corrected chi connectivity index (χ4v) is 3.79. The number of ether oxygens (including phenoxy) is 1. The van der Waals surface area contributed by atoms with Crippen LogP contribution in [-0.2, 0) is 0 Å². The van der Waals surface area contributed by atoms with Crippen LogP contribution in [0.5, 0.6) is 5.75 Å². The SMILES string of the molecule is COc1cccc(C)c1Pc1ccccc1N=Cc1ccccc1. The molecule has 1 unspecified atom stereocenters. The van der Waals surface area contributed by atoms with Gasteiger partial charge in [-0.1, -0.05) is 69.2 Å². The van der Waals surface area contributed by atoms with Gasteiger partial charge in [-0.05, 0) is 30.2 Å². The fourth-order valence-electron chi connectivity index (χ4n) is 2.48. The van der Waals surface area contributed by atoms with Crippen molar-refractivity contribution in [2.75, 3.05) is 7.11 Å². The summed E-state index contributed by atoms with van der Waals surface area (Å²) in [5, 5.41) is 2.46. The molecule has 0 radical (unpaired) electrons. The van der Waals surface area contributed by atoms with E-state index in [9.17, 15) is 0 Å². The molecule has 2 nitrogen and oxygen atoms in total. The normalized spacial score (nSPS) is 11.4. The maximum Gasteiger partial charge on any atom is 0.126 e. The second kappa shape index (κ2) is 7.90. The van der Waals surface area contributed by atoms with E-state index >= 15 is 0 Å². The van der Waals surface area contributed by atoms with E-state index in [1.54, 1.807) is 7.11 Å². The first-order valence-corrected chi connectivity index (χ1v) is 8.86. The van der Waals surface area contributed by atoms with Crippen molar-refractivity contribution in [1.29, 1.82) is 0 Å².